The molecule has 71 heavy (non-hydrogen) atoms. The maximum Gasteiger partial charge on any atom is 0.407 e. The number of carbonyl (C=O) groups excluding carboxylic acids is 4. The Morgan fingerprint density at radius 1 is 0.606 bits per heavy atom. The molecule has 4 N–H and O–H groups in total. The molecule has 0 spiro atoms. The predicted octanol–water partition coefficient (Wildman–Crippen LogP) is 10.4. The number of nitrogens with one attached hydrogen (secondary N) is 4. The zero-order valence-electron chi connectivity index (χ0n) is 41.5. The molecule has 1 aliphatic rings. The van der Waals surface area contributed by atoms with Gasteiger partial charge < -0.3 is 45.0 Å². The molecular weight excluding hydrogens is 897 g/mol. The molecule has 0 radical (unpaired) electrons. The first kappa shape index (κ1) is 51.1. The van der Waals surface area contributed by atoms with E-state index in [4.69, 9.17) is 23.7 Å². The molecule has 0 bridgehead atoms. The van der Waals surface area contributed by atoms with Gasteiger partial charge in [0, 0.05) is 24.1 Å². The fourth-order valence-electron chi connectivity index (χ4n) is 8.65. The molecule has 370 valence electrons. The Kier molecular flexibility index (Phi) is 17.0. The predicted molar refractivity (Wildman–Crippen MR) is 274 cm³/mol. The van der Waals surface area contributed by atoms with Crippen LogP contribution in [-0.2, 0) is 19.1 Å². The summed E-state index contributed by atoms with van der Waals surface area (Å²) in [6.07, 6.45) is -0.0909. The van der Waals surface area contributed by atoms with Crippen molar-refractivity contribution in [3.8, 4) is 28.4 Å². The topological polar surface area (TPSA) is 163 Å². The highest BCUT2D eigenvalue weighted by Gasteiger charge is 2.31. The standard InChI is InChI=1S/C58H64N4O9/c1-37-19-23-39(24-20-37)53(40-25-21-38(2)22-26-40)61-52(63)36-69-42-29-27-41(28-30-42)54(48-32-31-43(67-6)34-51(48)68-7)62-55(64)50(18-12-13-33-59-56(65)71-58(3,4)5)60-57(66)70-35-49-46-16-10-8-14-44(46)45-15-9-11-17-47(45)49/h8-11,14-17,19-32,34,49-50,53-54H,12-13,18,33,35-36H2,1-7H3,(H,59,65)(H,60,66)(H,61,63)(H,62,64)/t50-,54?/m0/s1. The Bertz CT molecular complexity index is 2680. The summed E-state index contributed by atoms with van der Waals surface area (Å²) in [7, 11) is 3.09. The maximum absolute atomic E-state index is 14.6. The lowest BCUT2D eigenvalue weighted by Crippen LogP contribution is -2.48. The lowest BCUT2D eigenvalue weighted by molar-refractivity contribution is -0.124. The van der Waals surface area contributed by atoms with Crippen LogP contribution < -0.4 is 35.5 Å². The summed E-state index contributed by atoms with van der Waals surface area (Å²) >= 11 is 0. The van der Waals surface area contributed by atoms with Gasteiger partial charge >= 0.3 is 12.2 Å². The molecule has 0 heterocycles. The second-order valence-electron chi connectivity index (χ2n) is 18.7. The molecule has 7 rings (SSSR count). The zero-order valence-corrected chi connectivity index (χ0v) is 41.5. The number of alkyl carbamates (subject to hydrolysis) is 2. The first-order valence-electron chi connectivity index (χ1n) is 24.0. The second kappa shape index (κ2) is 23.7. The number of methoxy groups -OCH3 is 2. The van der Waals surface area contributed by atoms with Gasteiger partial charge in [0.05, 0.1) is 26.3 Å². The van der Waals surface area contributed by atoms with Gasteiger partial charge in [-0.3, -0.25) is 9.59 Å². The monoisotopic (exact) mass is 960 g/mol. The lowest BCUT2D eigenvalue weighted by Gasteiger charge is -2.26. The molecule has 13 nitrogen and oxygen atoms in total. The van der Waals surface area contributed by atoms with Crippen LogP contribution in [-0.4, -0.2) is 69.6 Å². The average Bonchev–Trinajstić information content (AvgIpc) is 3.68. The molecule has 0 saturated heterocycles. The van der Waals surface area contributed by atoms with Gasteiger partial charge in [0.1, 0.15) is 35.5 Å². The minimum Gasteiger partial charge on any atom is -0.497 e. The third-order valence-electron chi connectivity index (χ3n) is 12.3. The molecule has 6 aromatic rings. The fourth-order valence-corrected chi connectivity index (χ4v) is 8.65. The van der Waals surface area contributed by atoms with E-state index >= 15 is 0 Å². The van der Waals surface area contributed by atoms with Gasteiger partial charge in [-0.1, -0.05) is 120 Å². The average molecular weight is 961 g/mol. The van der Waals surface area contributed by atoms with E-state index in [0.717, 1.165) is 44.5 Å². The van der Waals surface area contributed by atoms with Crippen LogP contribution in [0.3, 0.4) is 0 Å². The molecule has 0 fully saturated rings. The largest absolute Gasteiger partial charge is 0.497 e. The number of unbranched alkanes of at least 4 members (excludes halogenated alkanes) is 1. The van der Waals surface area contributed by atoms with Gasteiger partial charge in [-0.05, 0) is 117 Å². The highest BCUT2D eigenvalue weighted by molar-refractivity contribution is 5.86. The van der Waals surface area contributed by atoms with Crippen molar-refractivity contribution < 1.29 is 42.9 Å². The van der Waals surface area contributed by atoms with Gasteiger partial charge in [0.25, 0.3) is 5.91 Å². The molecule has 6 aromatic carbocycles. The van der Waals surface area contributed by atoms with Crippen LogP contribution in [0.4, 0.5) is 9.59 Å². The summed E-state index contributed by atoms with van der Waals surface area (Å²) < 4.78 is 28.6. The molecule has 4 amide bonds. The van der Waals surface area contributed by atoms with E-state index in [-0.39, 0.29) is 37.5 Å². The third kappa shape index (κ3) is 13.7. The number of rotatable bonds is 20. The van der Waals surface area contributed by atoms with E-state index in [0.29, 0.717) is 47.8 Å². The van der Waals surface area contributed by atoms with Crippen LogP contribution in [0.15, 0.2) is 140 Å². The fraction of sp³-hybridized carbons (Fsp3) is 0.310. The van der Waals surface area contributed by atoms with Crippen molar-refractivity contribution in [1.29, 1.82) is 0 Å². The Morgan fingerprint density at radius 3 is 1.75 bits per heavy atom. The quantitative estimate of drug-likeness (QED) is 0.0546. The molecule has 0 aromatic heterocycles. The van der Waals surface area contributed by atoms with E-state index in [2.05, 4.69) is 33.4 Å². The van der Waals surface area contributed by atoms with Crippen molar-refractivity contribution >= 4 is 24.0 Å². The molecule has 1 unspecified atom stereocenters. The summed E-state index contributed by atoms with van der Waals surface area (Å²) in [5.41, 5.74) is 9.09. The van der Waals surface area contributed by atoms with Gasteiger partial charge in [0.2, 0.25) is 5.91 Å². The number of hydrogen-bond acceptors (Lipinski definition) is 9. The zero-order chi connectivity index (χ0) is 50.5. The number of benzene rings is 6. The van der Waals surface area contributed by atoms with Crippen molar-refractivity contribution in [2.75, 3.05) is 34.0 Å². The molecule has 0 saturated carbocycles. The van der Waals surface area contributed by atoms with E-state index in [9.17, 15) is 19.2 Å². The van der Waals surface area contributed by atoms with Gasteiger partial charge in [-0.25, -0.2) is 9.59 Å². The van der Waals surface area contributed by atoms with Crippen LogP contribution in [0.25, 0.3) is 11.1 Å². The van der Waals surface area contributed by atoms with E-state index in [1.54, 1.807) is 64.3 Å². The number of hydrogen-bond donors (Lipinski definition) is 4. The van der Waals surface area contributed by atoms with Crippen LogP contribution >= 0.6 is 0 Å². The smallest absolute Gasteiger partial charge is 0.407 e. The minimum atomic E-state index is -1.04. The van der Waals surface area contributed by atoms with Gasteiger partial charge in [0.15, 0.2) is 6.61 Å². The third-order valence-corrected chi connectivity index (χ3v) is 12.3. The summed E-state index contributed by atoms with van der Waals surface area (Å²) in [6, 6.07) is 42.5. The van der Waals surface area contributed by atoms with Crippen LogP contribution in [0.2, 0.25) is 0 Å². The Hall–Kier alpha value is -7.80. The first-order valence-corrected chi connectivity index (χ1v) is 24.0. The number of carbonyl (C=O) groups is 4. The Labute approximate surface area is 416 Å². The number of fused-ring (bicyclic) bond motifs is 3. The number of aryl methyl sites for hydroxylation is 2. The summed E-state index contributed by atoms with van der Waals surface area (Å²) in [5.74, 6) is 0.491. The van der Waals surface area contributed by atoms with E-state index in [1.807, 2.05) is 105 Å². The molecule has 13 heteroatoms. The summed E-state index contributed by atoms with van der Waals surface area (Å²) in [4.78, 5) is 54.2. The SMILES string of the molecule is COc1ccc(C(NC(=O)[C@H](CCCCNC(=O)OC(C)(C)C)NC(=O)OCC2c3ccccc3-c3ccccc32)c2ccc(OCC(=O)NC(c3ccc(C)cc3)c3ccc(C)cc3)cc2)c(OC)c1. The number of amides is 4. The molecular formula is C58H64N4O9. The van der Waals surface area contributed by atoms with E-state index < -0.39 is 35.8 Å². The second-order valence-corrected chi connectivity index (χ2v) is 18.7. The molecule has 0 aliphatic heterocycles. The van der Waals surface area contributed by atoms with Crippen molar-refractivity contribution in [2.45, 2.75) is 83.5 Å². The highest BCUT2D eigenvalue weighted by Crippen LogP contribution is 2.44. The molecule has 2 atom stereocenters. The Balaban J connectivity index is 1.07. The summed E-state index contributed by atoms with van der Waals surface area (Å²) in [5, 5.41) is 11.9. The van der Waals surface area contributed by atoms with Crippen LogP contribution in [0, 0.1) is 13.8 Å². The minimum absolute atomic E-state index is 0.0653. The van der Waals surface area contributed by atoms with E-state index in [1.165, 1.54) is 7.11 Å². The first-order chi connectivity index (χ1) is 34.2. The lowest BCUT2D eigenvalue weighted by atomic mass is 9.96. The van der Waals surface area contributed by atoms with Gasteiger partial charge in [-0.2, -0.15) is 0 Å². The highest BCUT2D eigenvalue weighted by atomic mass is 16.6. The van der Waals surface area contributed by atoms with Crippen molar-refractivity contribution in [3.63, 3.8) is 0 Å². The molecule has 1 aliphatic carbocycles. The van der Waals surface area contributed by atoms with Crippen molar-refractivity contribution in [3.05, 3.63) is 184 Å². The van der Waals surface area contributed by atoms with Crippen molar-refractivity contribution in [1.82, 2.24) is 21.3 Å². The van der Waals surface area contributed by atoms with Crippen LogP contribution in [0.5, 0.6) is 17.2 Å². The number of ether oxygens (including phenoxy) is 5. The summed E-state index contributed by atoms with van der Waals surface area (Å²) in [6.45, 7) is 9.54. The van der Waals surface area contributed by atoms with Crippen LogP contribution in [0.1, 0.15) is 103 Å². The normalized spacial score (nSPS) is 12.7. The van der Waals surface area contributed by atoms with Crippen molar-refractivity contribution in [2.24, 2.45) is 0 Å². The maximum atomic E-state index is 14.6. The van der Waals surface area contributed by atoms with Gasteiger partial charge in [-0.15, -0.1) is 0 Å². The Morgan fingerprint density at radius 2 is 1.17 bits per heavy atom.